The van der Waals surface area contributed by atoms with Gasteiger partial charge >= 0.3 is 6.09 Å². The van der Waals surface area contributed by atoms with Gasteiger partial charge in [-0.2, -0.15) is 0 Å². The van der Waals surface area contributed by atoms with E-state index in [4.69, 9.17) is 4.74 Å². The number of likely N-dealkylation sites (tertiary alicyclic amines) is 1. The molecule has 2 N–H and O–H groups in total. The second kappa shape index (κ2) is 7.29. The third-order valence-corrected chi connectivity index (χ3v) is 3.99. The molecule has 0 aliphatic carbocycles. The minimum Gasteiger partial charge on any atom is -0.508 e. The van der Waals surface area contributed by atoms with Crippen molar-refractivity contribution in [3.8, 4) is 5.75 Å². The van der Waals surface area contributed by atoms with E-state index >= 15 is 0 Å². The number of ether oxygens (including phenoxy) is 1. The van der Waals surface area contributed by atoms with Crippen LogP contribution in [0.5, 0.6) is 5.75 Å². The number of amides is 2. The molecule has 0 unspecified atom stereocenters. The van der Waals surface area contributed by atoms with Gasteiger partial charge in [0.1, 0.15) is 17.2 Å². The topological polar surface area (TPSA) is 78.9 Å². The Labute approximate surface area is 147 Å². The van der Waals surface area contributed by atoms with Crippen LogP contribution in [0, 0.1) is 12.7 Å². The minimum atomic E-state index is -0.725. The van der Waals surface area contributed by atoms with Crippen LogP contribution in [0.1, 0.15) is 49.5 Å². The maximum Gasteiger partial charge on any atom is 0.407 e. The average Bonchev–Trinajstić information content (AvgIpc) is 2.44. The van der Waals surface area contributed by atoms with Crippen LogP contribution in [-0.2, 0) is 4.74 Å². The number of phenolic OH excluding ortho intramolecular Hbond substituents is 1. The number of aromatic hydroxyl groups is 1. The Morgan fingerprint density at radius 3 is 2.40 bits per heavy atom. The van der Waals surface area contributed by atoms with Gasteiger partial charge in [-0.25, -0.2) is 9.18 Å². The fourth-order valence-electron chi connectivity index (χ4n) is 2.86. The second-order valence-electron chi connectivity index (χ2n) is 7.33. The van der Waals surface area contributed by atoms with E-state index in [-0.39, 0.29) is 17.4 Å². The standard InChI is InChI=1S/C18H25FN2O4/c1-11-9-13(22)10-14(19)15(11)16(23)21-7-5-12(6-8-21)20-17(24)25-18(2,3)4/h9-10,12,22H,5-8H2,1-4H3,(H,20,24). The summed E-state index contributed by atoms with van der Waals surface area (Å²) in [7, 11) is 0. The van der Waals surface area contributed by atoms with Crippen LogP contribution >= 0.6 is 0 Å². The van der Waals surface area contributed by atoms with E-state index in [1.807, 2.05) is 0 Å². The number of nitrogens with zero attached hydrogens (tertiary/aromatic N) is 1. The van der Waals surface area contributed by atoms with Crippen molar-refractivity contribution in [2.45, 2.75) is 52.2 Å². The van der Waals surface area contributed by atoms with Crippen molar-refractivity contribution >= 4 is 12.0 Å². The number of alkyl carbamates (subject to hydrolysis) is 1. The Morgan fingerprint density at radius 1 is 1.28 bits per heavy atom. The first-order valence-corrected chi connectivity index (χ1v) is 8.35. The van der Waals surface area contributed by atoms with Crippen molar-refractivity contribution < 1.29 is 23.8 Å². The zero-order chi connectivity index (χ0) is 18.8. The number of carbonyl (C=O) groups is 2. The molecule has 1 fully saturated rings. The average molecular weight is 352 g/mol. The highest BCUT2D eigenvalue weighted by Gasteiger charge is 2.28. The van der Waals surface area contributed by atoms with Crippen molar-refractivity contribution in [2.75, 3.05) is 13.1 Å². The van der Waals surface area contributed by atoms with Crippen LogP contribution in [0.2, 0.25) is 0 Å². The van der Waals surface area contributed by atoms with Gasteiger partial charge in [-0.3, -0.25) is 4.79 Å². The maximum atomic E-state index is 14.0. The summed E-state index contributed by atoms with van der Waals surface area (Å²) in [5.41, 5.74) is -0.179. The van der Waals surface area contributed by atoms with Gasteiger partial charge in [-0.1, -0.05) is 0 Å². The van der Waals surface area contributed by atoms with Crippen LogP contribution in [-0.4, -0.2) is 46.7 Å². The smallest absolute Gasteiger partial charge is 0.407 e. The zero-order valence-electron chi connectivity index (χ0n) is 15.1. The Bertz CT molecular complexity index is 639. The maximum absolute atomic E-state index is 14.0. The predicted octanol–water partition coefficient (Wildman–Crippen LogP) is 2.97. The first-order valence-electron chi connectivity index (χ1n) is 8.35. The lowest BCUT2D eigenvalue weighted by Gasteiger charge is -2.33. The Kier molecular flexibility index (Phi) is 5.55. The highest BCUT2D eigenvalue weighted by Crippen LogP contribution is 2.23. The number of hydrogen-bond donors (Lipinski definition) is 2. The lowest BCUT2D eigenvalue weighted by Crippen LogP contribution is -2.47. The molecule has 0 saturated carbocycles. The summed E-state index contributed by atoms with van der Waals surface area (Å²) in [5.74, 6) is -1.32. The molecule has 1 aromatic carbocycles. The first kappa shape index (κ1) is 19.0. The third-order valence-electron chi connectivity index (χ3n) is 3.99. The lowest BCUT2D eigenvalue weighted by atomic mass is 10.0. The number of carbonyl (C=O) groups excluding carboxylic acids is 2. The highest BCUT2D eigenvalue weighted by atomic mass is 19.1. The van der Waals surface area contributed by atoms with Gasteiger partial charge in [0, 0.05) is 25.2 Å². The largest absolute Gasteiger partial charge is 0.508 e. The van der Waals surface area contributed by atoms with Gasteiger partial charge in [-0.05, 0) is 52.2 Å². The van der Waals surface area contributed by atoms with Crippen LogP contribution in [0.4, 0.5) is 9.18 Å². The molecule has 6 nitrogen and oxygen atoms in total. The van der Waals surface area contributed by atoms with Crippen molar-refractivity contribution in [1.29, 1.82) is 0 Å². The fraction of sp³-hybridized carbons (Fsp3) is 0.556. The molecule has 138 valence electrons. The molecule has 0 aromatic heterocycles. The summed E-state index contributed by atoms with van der Waals surface area (Å²) >= 11 is 0. The van der Waals surface area contributed by atoms with E-state index in [1.54, 1.807) is 32.6 Å². The van der Waals surface area contributed by atoms with E-state index in [9.17, 15) is 19.1 Å². The zero-order valence-corrected chi connectivity index (χ0v) is 15.1. The van der Waals surface area contributed by atoms with Crippen LogP contribution in [0.25, 0.3) is 0 Å². The fourth-order valence-corrected chi connectivity index (χ4v) is 2.86. The van der Waals surface area contributed by atoms with Gasteiger partial charge in [0.05, 0.1) is 5.56 Å². The molecular weight excluding hydrogens is 327 g/mol. The van der Waals surface area contributed by atoms with Gasteiger partial charge in [-0.15, -0.1) is 0 Å². The minimum absolute atomic E-state index is 0.0173. The molecule has 1 aromatic rings. The summed E-state index contributed by atoms with van der Waals surface area (Å²) in [5, 5.41) is 12.2. The van der Waals surface area contributed by atoms with E-state index in [0.29, 0.717) is 31.5 Å². The van der Waals surface area contributed by atoms with Crippen LogP contribution in [0.3, 0.4) is 0 Å². The quantitative estimate of drug-likeness (QED) is 0.858. The molecular formula is C18H25FN2O4. The molecule has 1 aliphatic rings. The molecule has 1 aliphatic heterocycles. The van der Waals surface area contributed by atoms with E-state index in [0.717, 1.165) is 6.07 Å². The number of aryl methyl sites for hydroxylation is 1. The number of halogens is 1. The SMILES string of the molecule is Cc1cc(O)cc(F)c1C(=O)N1CCC(NC(=O)OC(C)(C)C)CC1. The summed E-state index contributed by atoms with van der Waals surface area (Å²) < 4.78 is 19.3. The van der Waals surface area contributed by atoms with E-state index in [2.05, 4.69) is 5.32 Å². The van der Waals surface area contributed by atoms with Gasteiger partial charge in [0.2, 0.25) is 0 Å². The number of benzene rings is 1. The van der Waals surface area contributed by atoms with Gasteiger partial charge in [0.25, 0.3) is 5.91 Å². The number of hydrogen-bond acceptors (Lipinski definition) is 4. The van der Waals surface area contributed by atoms with E-state index in [1.165, 1.54) is 6.07 Å². The molecule has 0 atom stereocenters. The monoisotopic (exact) mass is 352 g/mol. The van der Waals surface area contributed by atoms with Crippen LogP contribution in [0.15, 0.2) is 12.1 Å². The van der Waals surface area contributed by atoms with E-state index < -0.39 is 23.4 Å². The molecule has 25 heavy (non-hydrogen) atoms. The normalized spacial score (nSPS) is 15.8. The molecule has 0 radical (unpaired) electrons. The summed E-state index contributed by atoms with van der Waals surface area (Å²) in [6.07, 6.45) is 0.672. The van der Waals surface area contributed by atoms with Crippen molar-refractivity contribution in [2.24, 2.45) is 0 Å². The molecule has 1 saturated heterocycles. The number of piperidine rings is 1. The molecule has 0 bridgehead atoms. The Hall–Kier alpha value is -2.31. The highest BCUT2D eigenvalue weighted by molar-refractivity contribution is 5.96. The summed E-state index contributed by atoms with van der Waals surface area (Å²) in [4.78, 5) is 25.9. The lowest BCUT2D eigenvalue weighted by molar-refractivity contribution is 0.0473. The summed E-state index contributed by atoms with van der Waals surface area (Å²) in [6.45, 7) is 7.80. The van der Waals surface area contributed by atoms with Gasteiger partial charge in [0.15, 0.2) is 0 Å². The molecule has 1 heterocycles. The number of rotatable bonds is 2. The Morgan fingerprint density at radius 2 is 1.88 bits per heavy atom. The number of phenols is 1. The third kappa shape index (κ3) is 5.08. The first-order chi connectivity index (χ1) is 11.6. The molecule has 2 amide bonds. The van der Waals surface area contributed by atoms with Crippen molar-refractivity contribution in [3.63, 3.8) is 0 Å². The molecule has 0 spiro atoms. The van der Waals surface area contributed by atoms with Crippen molar-refractivity contribution in [1.82, 2.24) is 10.2 Å². The Balaban J connectivity index is 1.94. The number of nitrogens with one attached hydrogen (secondary N) is 1. The predicted molar refractivity (Wildman–Crippen MR) is 91.1 cm³/mol. The summed E-state index contributed by atoms with van der Waals surface area (Å²) in [6, 6.07) is 2.23. The van der Waals surface area contributed by atoms with Crippen LogP contribution < -0.4 is 5.32 Å². The molecule has 2 rings (SSSR count). The van der Waals surface area contributed by atoms with Gasteiger partial charge < -0.3 is 20.1 Å². The second-order valence-corrected chi connectivity index (χ2v) is 7.33. The molecule has 7 heteroatoms. The van der Waals surface area contributed by atoms with Crippen molar-refractivity contribution in [3.05, 3.63) is 29.1 Å².